The van der Waals surface area contributed by atoms with Crippen molar-refractivity contribution < 1.29 is 27.5 Å². The van der Waals surface area contributed by atoms with Crippen molar-refractivity contribution in [3.63, 3.8) is 0 Å². The van der Waals surface area contributed by atoms with Crippen LogP contribution in [0.25, 0.3) is 17.1 Å². The van der Waals surface area contributed by atoms with E-state index >= 15 is 0 Å². The van der Waals surface area contributed by atoms with Crippen LogP contribution in [0.1, 0.15) is 30.0 Å². The number of aryl methyl sites for hydroxylation is 1. The first-order chi connectivity index (χ1) is 17.6. The van der Waals surface area contributed by atoms with Gasteiger partial charge in [0.1, 0.15) is 17.5 Å². The second kappa shape index (κ2) is 10.6. The Balaban J connectivity index is 1.48. The molecule has 0 aliphatic carbocycles. The molecule has 1 aromatic heterocycles. The third kappa shape index (κ3) is 5.59. The second-order valence-corrected chi connectivity index (χ2v) is 10.5. The number of carbonyl (C=O) groups is 2. The second-order valence-electron chi connectivity index (χ2n) is 8.61. The van der Waals surface area contributed by atoms with E-state index in [-0.39, 0.29) is 36.7 Å². The molecule has 0 spiro atoms. The van der Waals surface area contributed by atoms with Gasteiger partial charge in [0.2, 0.25) is 21.8 Å². The first-order valence-electron chi connectivity index (χ1n) is 11.5. The van der Waals surface area contributed by atoms with Crippen molar-refractivity contribution in [3.8, 4) is 11.5 Å². The fourth-order valence-electron chi connectivity index (χ4n) is 4.29. The van der Waals surface area contributed by atoms with E-state index in [1.165, 1.54) is 29.4 Å². The molecule has 1 aliphatic rings. The predicted molar refractivity (Wildman–Crippen MR) is 138 cm³/mol. The molecule has 37 heavy (non-hydrogen) atoms. The summed E-state index contributed by atoms with van der Waals surface area (Å²) in [6, 6.07) is 9.57. The third-order valence-electron chi connectivity index (χ3n) is 6.23. The van der Waals surface area contributed by atoms with E-state index in [1.54, 1.807) is 49.5 Å². The molecule has 1 atom stereocenters. The standard InChI is InChI=1S/C25H28N4O7S/c1-28-21-13-16(6-8-19(21)29(25(28)32)20-9-11-23(30)27-24(20)31)5-4-12-37(33,34)26-15-17-14-18(35-2)7-10-22(17)36-3/h4-8,10,13-14,20,26H,9,11-12,15H2,1-3H3,(H,27,30,31)/b5-4+. The van der Waals surface area contributed by atoms with Gasteiger partial charge < -0.3 is 9.47 Å². The van der Waals surface area contributed by atoms with Gasteiger partial charge >= 0.3 is 5.69 Å². The number of piperidine rings is 1. The molecule has 0 radical (unpaired) electrons. The van der Waals surface area contributed by atoms with Gasteiger partial charge in [-0.3, -0.25) is 24.0 Å². The Hall–Kier alpha value is -3.90. The van der Waals surface area contributed by atoms with E-state index in [0.29, 0.717) is 33.7 Å². The molecule has 12 heteroatoms. The Morgan fingerprint density at radius 2 is 1.86 bits per heavy atom. The number of rotatable bonds is 9. The smallest absolute Gasteiger partial charge is 0.329 e. The van der Waals surface area contributed by atoms with Crippen LogP contribution >= 0.6 is 0 Å². The van der Waals surface area contributed by atoms with Crippen molar-refractivity contribution in [2.24, 2.45) is 7.05 Å². The van der Waals surface area contributed by atoms with E-state index in [1.807, 2.05) is 0 Å². The molecule has 4 rings (SSSR count). The van der Waals surface area contributed by atoms with E-state index in [0.717, 1.165) is 0 Å². The van der Waals surface area contributed by atoms with Gasteiger partial charge in [-0.1, -0.05) is 18.2 Å². The summed E-state index contributed by atoms with van der Waals surface area (Å²) in [6.07, 6.45) is 3.57. The van der Waals surface area contributed by atoms with Gasteiger partial charge in [-0.2, -0.15) is 0 Å². The number of imidazole rings is 1. The Kier molecular flexibility index (Phi) is 7.50. The minimum absolute atomic E-state index is 0.0402. The lowest BCUT2D eigenvalue weighted by atomic mass is 10.1. The number of hydrogen-bond acceptors (Lipinski definition) is 7. The number of benzene rings is 2. The van der Waals surface area contributed by atoms with Crippen LogP contribution in [0, 0.1) is 0 Å². The lowest BCUT2D eigenvalue weighted by molar-refractivity contribution is -0.135. The number of hydrogen-bond donors (Lipinski definition) is 2. The Morgan fingerprint density at radius 1 is 1.08 bits per heavy atom. The van der Waals surface area contributed by atoms with Gasteiger partial charge in [-0.25, -0.2) is 17.9 Å². The number of nitrogens with zero attached hydrogens (tertiary/aromatic N) is 2. The Morgan fingerprint density at radius 3 is 2.57 bits per heavy atom. The SMILES string of the molecule is COc1ccc(OC)c(CNS(=O)(=O)C/C=C/c2ccc3c(c2)n(C)c(=O)n3C2CCC(=O)NC2=O)c1. The summed E-state index contributed by atoms with van der Waals surface area (Å²) in [5.74, 6) is 0.0227. The zero-order chi connectivity index (χ0) is 26.7. The maximum absolute atomic E-state index is 12.9. The first-order valence-corrected chi connectivity index (χ1v) is 13.2. The van der Waals surface area contributed by atoms with Crippen LogP contribution in [0.4, 0.5) is 0 Å². The number of nitrogens with one attached hydrogen (secondary N) is 2. The zero-order valence-electron chi connectivity index (χ0n) is 20.7. The number of methoxy groups -OCH3 is 2. The van der Waals surface area contributed by atoms with Gasteiger partial charge in [0.25, 0.3) is 0 Å². The molecule has 2 N–H and O–H groups in total. The molecular weight excluding hydrogens is 500 g/mol. The maximum Gasteiger partial charge on any atom is 0.329 e. The molecule has 2 heterocycles. The van der Waals surface area contributed by atoms with Gasteiger partial charge in [0.05, 0.1) is 31.0 Å². The lowest BCUT2D eigenvalue weighted by Gasteiger charge is -2.21. The van der Waals surface area contributed by atoms with Crippen LogP contribution in [-0.2, 0) is 33.2 Å². The molecule has 1 saturated heterocycles. The molecule has 2 amide bonds. The minimum Gasteiger partial charge on any atom is -0.497 e. The van der Waals surface area contributed by atoms with Crippen LogP contribution in [0.15, 0.2) is 47.3 Å². The molecule has 2 aromatic carbocycles. The molecular formula is C25H28N4O7S. The highest BCUT2D eigenvalue weighted by atomic mass is 32.2. The van der Waals surface area contributed by atoms with Gasteiger partial charge in [0, 0.05) is 25.6 Å². The van der Waals surface area contributed by atoms with Crippen LogP contribution < -0.4 is 25.2 Å². The number of carbonyl (C=O) groups excluding carboxylic acids is 2. The number of ether oxygens (including phenoxy) is 2. The highest BCUT2D eigenvalue weighted by molar-refractivity contribution is 7.89. The normalized spacial score (nSPS) is 16.4. The zero-order valence-corrected chi connectivity index (χ0v) is 21.5. The Labute approximate surface area is 213 Å². The summed E-state index contributed by atoms with van der Waals surface area (Å²) in [4.78, 5) is 36.7. The molecule has 196 valence electrons. The fraction of sp³-hybridized carbons (Fsp3) is 0.320. The number of fused-ring (bicyclic) bond motifs is 1. The van der Waals surface area contributed by atoms with Crippen LogP contribution in [0.5, 0.6) is 11.5 Å². The average molecular weight is 529 g/mol. The summed E-state index contributed by atoms with van der Waals surface area (Å²) in [7, 11) is 0.997. The van der Waals surface area contributed by atoms with Crippen molar-refractivity contribution in [1.82, 2.24) is 19.2 Å². The van der Waals surface area contributed by atoms with Crippen molar-refractivity contribution >= 4 is 38.9 Å². The summed E-state index contributed by atoms with van der Waals surface area (Å²) >= 11 is 0. The van der Waals surface area contributed by atoms with Crippen molar-refractivity contribution in [2.45, 2.75) is 25.4 Å². The highest BCUT2D eigenvalue weighted by Gasteiger charge is 2.31. The molecule has 11 nitrogen and oxygen atoms in total. The molecule has 0 bridgehead atoms. The highest BCUT2D eigenvalue weighted by Crippen LogP contribution is 2.25. The summed E-state index contributed by atoms with van der Waals surface area (Å²) < 4.78 is 40.9. The summed E-state index contributed by atoms with van der Waals surface area (Å²) in [5.41, 5.74) is 2.10. The number of sulfonamides is 1. The van der Waals surface area contributed by atoms with E-state index < -0.39 is 22.0 Å². The number of aromatic nitrogens is 2. The summed E-state index contributed by atoms with van der Waals surface area (Å²) in [6.45, 7) is 0.0402. The monoisotopic (exact) mass is 528 g/mol. The van der Waals surface area contributed by atoms with Gasteiger partial charge in [-0.05, 0) is 42.3 Å². The van der Waals surface area contributed by atoms with Gasteiger partial charge in [0.15, 0.2) is 0 Å². The van der Waals surface area contributed by atoms with E-state index in [4.69, 9.17) is 9.47 Å². The van der Waals surface area contributed by atoms with Crippen LogP contribution in [-0.4, -0.2) is 49.3 Å². The fourth-order valence-corrected chi connectivity index (χ4v) is 5.13. The van der Waals surface area contributed by atoms with Crippen molar-refractivity contribution in [2.75, 3.05) is 20.0 Å². The molecule has 0 saturated carbocycles. The number of amides is 2. The molecule has 3 aromatic rings. The van der Waals surface area contributed by atoms with Crippen molar-refractivity contribution in [1.29, 1.82) is 0 Å². The lowest BCUT2D eigenvalue weighted by Crippen LogP contribution is -2.44. The first kappa shape index (κ1) is 26.2. The van der Waals surface area contributed by atoms with E-state index in [2.05, 4.69) is 10.0 Å². The number of imide groups is 1. The largest absolute Gasteiger partial charge is 0.497 e. The molecule has 1 fully saturated rings. The van der Waals surface area contributed by atoms with Crippen LogP contribution in [0.3, 0.4) is 0 Å². The van der Waals surface area contributed by atoms with Crippen LogP contribution in [0.2, 0.25) is 0 Å². The topological polar surface area (TPSA) is 138 Å². The molecule has 1 unspecified atom stereocenters. The van der Waals surface area contributed by atoms with Gasteiger partial charge in [-0.15, -0.1) is 0 Å². The average Bonchev–Trinajstić information content (AvgIpc) is 3.12. The molecule has 1 aliphatic heterocycles. The van der Waals surface area contributed by atoms with E-state index in [9.17, 15) is 22.8 Å². The quantitative estimate of drug-likeness (QED) is 0.401. The summed E-state index contributed by atoms with van der Waals surface area (Å²) in [5, 5.41) is 2.28. The Bertz CT molecular complexity index is 1550. The van der Waals surface area contributed by atoms with Crippen molar-refractivity contribution in [3.05, 3.63) is 64.1 Å². The third-order valence-corrected chi connectivity index (χ3v) is 7.45. The predicted octanol–water partition coefficient (Wildman–Crippen LogP) is 1.47. The maximum atomic E-state index is 12.9. The minimum atomic E-state index is -3.64.